The number of benzene rings is 1. The zero-order valence-electron chi connectivity index (χ0n) is 16.0. The second-order valence-electron chi connectivity index (χ2n) is 6.98. The standard InChI is InChI=1S/C20H29N5O/c1-16-15-19(25-11-9-17(10-12-25)23(2)13-14-26)22-20(21-16)24(3)18-7-5-4-6-8-18/h4-8,15,17,26H,9-14H2,1-3H3. The molecule has 1 aliphatic heterocycles. The molecule has 3 rings (SSSR count). The van der Waals surface area contributed by atoms with E-state index in [0.717, 1.165) is 55.6 Å². The van der Waals surface area contributed by atoms with E-state index in [0.29, 0.717) is 6.04 Å². The third kappa shape index (κ3) is 4.31. The predicted octanol–water partition coefficient (Wildman–Crippen LogP) is 2.45. The quantitative estimate of drug-likeness (QED) is 0.859. The molecular weight excluding hydrogens is 326 g/mol. The molecule has 0 spiro atoms. The Morgan fingerprint density at radius 2 is 1.81 bits per heavy atom. The highest BCUT2D eigenvalue weighted by Gasteiger charge is 2.23. The van der Waals surface area contributed by atoms with Gasteiger partial charge in [0.1, 0.15) is 5.82 Å². The van der Waals surface area contributed by atoms with Crippen molar-refractivity contribution in [3.05, 3.63) is 42.1 Å². The van der Waals surface area contributed by atoms with Crippen LogP contribution in [-0.4, -0.2) is 66.4 Å². The molecule has 140 valence electrons. The van der Waals surface area contributed by atoms with Crippen LogP contribution >= 0.6 is 0 Å². The lowest BCUT2D eigenvalue weighted by molar-refractivity contribution is 0.161. The first-order chi connectivity index (χ1) is 12.6. The minimum absolute atomic E-state index is 0.219. The fourth-order valence-corrected chi connectivity index (χ4v) is 3.49. The monoisotopic (exact) mass is 355 g/mol. The fraction of sp³-hybridized carbons (Fsp3) is 0.500. The van der Waals surface area contributed by atoms with Crippen molar-refractivity contribution in [1.29, 1.82) is 0 Å². The first-order valence-electron chi connectivity index (χ1n) is 9.29. The maximum Gasteiger partial charge on any atom is 0.231 e. The Labute approximate surface area is 156 Å². The molecule has 0 radical (unpaired) electrons. The Morgan fingerprint density at radius 3 is 2.46 bits per heavy atom. The molecule has 6 heteroatoms. The molecule has 0 aliphatic carbocycles. The molecule has 6 nitrogen and oxygen atoms in total. The first-order valence-corrected chi connectivity index (χ1v) is 9.29. The van der Waals surface area contributed by atoms with Crippen molar-refractivity contribution in [3.63, 3.8) is 0 Å². The predicted molar refractivity (Wildman–Crippen MR) is 106 cm³/mol. The van der Waals surface area contributed by atoms with E-state index in [1.807, 2.05) is 37.1 Å². The Kier molecular flexibility index (Phi) is 6.06. The third-order valence-electron chi connectivity index (χ3n) is 5.14. The maximum atomic E-state index is 9.13. The number of hydrogen-bond acceptors (Lipinski definition) is 6. The van der Waals surface area contributed by atoms with Gasteiger partial charge in [-0.15, -0.1) is 0 Å². The van der Waals surface area contributed by atoms with E-state index in [1.54, 1.807) is 0 Å². The van der Waals surface area contributed by atoms with Crippen LogP contribution in [0.3, 0.4) is 0 Å². The molecule has 26 heavy (non-hydrogen) atoms. The summed E-state index contributed by atoms with van der Waals surface area (Å²) in [7, 11) is 4.10. The zero-order valence-corrected chi connectivity index (χ0v) is 16.0. The summed E-state index contributed by atoms with van der Waals surface area (Å²) in [5, 5.41) is 9.13. The Bertz CT molecular complexity index is 701. The van der Waals surface area contributed by atoms with Crippen LogP contribution in [0.2, 0.25) is 0 Å². The highest BCUT2D eigenvalue weighted by atomic mass is 16.3. The van der Waals surface area contributed by atoms with Gasteiger partial charge in [0.15, 0.2) is 0 Å². The number of likely N-dealkylation sites (N-methyl/N-ethyl adjacent to an activating group) is 1. The number of hydrogen-bond donors (Lipinski definition) is 1. The van der Waals surface area contributed by atoms with Crippen LogP contribution < -0.4 is 9.80 Å². The van der Waals surface area contributed by atoms with Gasteiger partial charge in [0.05, 0.1) is 6.61 Å². The molecule has 1 N–H and O–H groups in total. The summed E-state index contributed by atoms with van der Waals surface area (Å²) in [5.74, 6) is 1.73. The summed E-state index contributed by atoms with van der Waals surface area (Å²) in [5.41, 5.74) is 2.06. The number of aromatic nitrogens is 2. The van der Waals surface area contributed by atoms with Gasteiger partial charge in [0.2, 0.25) is 5.95 Å². The van der Waals surface area contributed by atoms with Gasteiger partial charge in [-0.25, -0.2) is 4.98 Å². The molecular formula is C20H29N5O. The van der Waals surface area contributed by atoms with E-state index in [1.165, 1.54) is 0 Å². The molecule has 2 heterocycles. The minimum atomic E-state index is 0.219. The van der Waals surface area contributed by atoms with E-state index in [-0.39, 0.29) is 6.61 Å². The summed E-state index contributed by atoms with van der Waals surface area (Å²) < 4.78 is 0. The first kappa shape index (κ1) is 18.6. The van der Waals surface area contributed by atoms with Gasteiger partial charge in [-0.05, 0) is 38.9 Å². The summed E-state index contributed by atoms with van der Waals surface area (Å²) >= 11 is 0. The van der Waals surface area contributed by atoms with Gasteiger partial charge < -0.3 is 19.8 Å². The molecule has 1 aromatic heterocycles. The highest BCUT2D eigenvalue weighted by molar-refractivity contribution is 5.58. The van der Waals surface area contributed by atoms with Crippen molar-refractivity contribution in [1.82, 2.24) is 14.9 Å². The summed E-state index contributed by atoms with van der Waals surface area (Å²) in [6.45, 7) is 4.94. The zero-order chi connectivity index (χ0) is 18.5. The van der Waals surface area contributed by atoms with Crippen LogP contribution in [0, 0.1) is 6.92 Å². The number of piperidine rings is 1. The van der Waals surface area contributed by atoms with E-state index >= 15 is 0 Å². The SMILES string of the molecule is Cc1cc(N2CCC(N(C)CCO)CC2)nc(N(C)c2ccccc2)n1. The summed E-state index contributed by atoms with van der Waals surface area (Å²) in [6, 6.07) is 12.8. The summed E-state index contributed by atoms with van der Waals surface area (Å²) in [6.07, 6.45) is 2.17. The van der Waals surface area contributed by atoms with Crippen molar-refractivity contribution in [2.75, 3.05) is 50.1 Å². The molecule has 1 aliphatic rings. The second kappa shape index (κ2) is 8.47. The average Bonchev–Trinajstić information content (AvgIpc) is 2.68. The van der Waals surface area contributed by atoms with Crippen LogP contribution in [0.4, 0.5) is 17.5 Å². The maximum absolute atomic E-state index is 9.13. The fourth-order valence-electron chi connectivity index (χ4n) is 3.49. The molecule has 1 saturated heterocycles. The van der Waals surface area contributed by atoms with Crippen LogP contribution in [0.1, 0.15) is 18.5 Å². The Hall–Kier alpha value is -2.18. The van der Waals surface area contributed by atoms with E-state index < -0.39 is 0 Å². The molecule has 0 saturated carbocycles. The molecule has 0 amide bonds. The van der Waals surface area contributed by atoms with Gasteiger partial charge in [0, 0.05) is 50.2 Å². The molecule has 0 atom stereocenters. The summed E-state index contributed by atoms with van der Waals surface area (Å²) in [4.78, 5) is 16.1. The van der Waals surface area contributed by atoms with Crippen LogP contribution in [0.5, 0.6) is 0 Å². The van der Waals surface area contributed by atoms with E-state index in [4.69, 9.17) is 10.1 Å². The number of rotatable bonds is 6. The smallest absolute Gasteiger partial charge is 0.231 e. The van der Waals surface area contributed by atoms with Crippen molar-refractivity contribution >= 4 is 17.5 Å². The second-order valence-corrected chi connectivity index (χ2v) is 6.98. The molecule has 2 aromatic rings. The normalized spacial score (nSPS) is 15.5. The van der Waals surface area contributed by atoms with Crippen molar-refractivity contribution in [2.24, 2.45) is 0 Å². The molecule has 1 aromatic carbocycles. The van der Waals surface area contributed by atoms with E-state index in [9.17, 15) is 0 Å². The Balaban J connectivity index is 1.73. The lowest BCUT2D eigenvalue weighted by atomic mass is 10.0. The number of aliphatic hydroxyl groups is 1. The highest BCUT2D eigenvalue weighted by Crippen LogP contribution is 2.25. The average molecular weight is 355 g/mol. The lowest BCUT2D eigenvalue weighted by Gasteiger charge is -2.37. The van der Waals surface area contributed by atoms with Crippen LogP contribution in [0.25, 0.3) is 0 Å². The van der Waals surface area contributed by atoms with Gasteiger partial charge in [-0.2, -0.15) is 4.98 Å². The van der Waals surface area contributed by atoms with Gasteiger partial charge in [-0.1, -0.05) is 18.2 Å². The largest absolute Gasteiger partial charge is 0.395 e. The topological polar surface area (TPSA) is 55.7 Å². The number of nitrogens with zero attached hydrogens (tertiary/aromatic N) is 5. The molecule has 0 bridgehead atoms. The molecule has 0 unspecified atom stereocenters. The van der Waals surface area contributed by atoms with Crippen molar-refractivity contribution in [3.8, 4) is 0 Å². The molecule has 1 fully saturated rings. The van der Waals surface area contributed by atoms with Crippen LogP contribution in [-0.2, 0) is 0 Å². The van der Waals surface area contributed by atoms with Gasteiger partial charge in [0.25, 0.3) is 0 Å². The number of anilines is 3. The minimum Gasteiger partial charge on any atom is -0.395 e. The lowest BCUT2D eigenvalue weighted by Crippen LogP contribution is -2.44. The number of aryl methyl sites for hydroxylation is 1. The Morgan fingerprint density at radius 1 is 1.12 bits per heavy atom. The van der Waals surface area contributed by atoms with Crippen molar-refractivity contribution < 1.29 is 5.11 Å². The van der Waals surface area contributed by atoms with Gasteiger partial charge >= 0.3 is 0 Å². The van der Waals surface area contributed by atoms with Crippen LogP contribution in [0.15, 0.2) is 36.4 Å². The third-order valence-corrected chi connectivity index (χ3v) is 5.14. The van der Waals surface area contributed by atoms with E-state index in [2.05, 4.69) is 40.0 Å². The number of aliphatic hydroxyl groups excluding tert-OH is 1. The number of para-hydroxylation sites is 1. The van der Waals surface area contributed by atoms with Gasteiger partial charge in [-0.3, -0.25) is 0 Å². The van der Waals surface area contributed by atoms with Crippen molar-refractivity contribution in [2.45, 2.75) is 25.8 Å².